The van der Waals surface area contributed by atoms with E-state index >= 15 is 0 Å². The molecule has 0 radical (unpaired) electrons. The van der Waals surface area contributed by atoms with E-state index in [1.54, 1.807) is 6.92 Å². The zero-order valence-electron chi connectivity index (χ0n) is 14.6. The zero-order chi connectivity index (χ0) is 18.8. The van der Waals surface area contributed by atoms with Gasteiger partial charge in [0.05, 0.1) is 4.90 Å². The van der Waals surface area contributed by atoms with E-state index in [1.165, 1.54) is 34.8 Å². The van der Waals surface area contributed by atoms with Crippen LogP contribution in [0.2, 0.25) is 0 Å². The molecule has 1 N–H and O–H groups in total. The highest BCUT2D eigenvalue weighted by Crippen LogP contribution is 2.21. The molecule has 1 aliphatic rings. The van der Waals surface area contributed by atoms with Crippen LogP contribution in [0.5, 0.6) is 0 Å². The lowest BCUT2D eigenvalue weighted by Crippen LogP contribution is -2.45. The number of rotatable bonds is 6. The molecule has 0 saturated carbocycles. The Labute approximate surface area is 149 Å². The second-order valence-electron chi connectivity index (χ2n) is 6.39. The van der Waals surface area contributed by atoms with Crippen LogP contribution in [0.4, 0.5) is 4.39 Å². The van der Waals surface area contributed by atoms with Gasteiger partial charge in [-0.15, -0.1) is 0 Å². The Kier molecular flexibility index (Phi) is 6.21. The summed E-state index contributed by atoms with van der Waals surface area (Å²) in [6.07, 6.45) is 1.16. The van der Waals surface area contributed by atoms with Crippen molar-refractivity contribution in [2.24, 2.45) is 5.92 Å². The van der Waals surface area contributed by atoms with Gasteiger partial charge in [0.2, 0.25) is 10.0 Å². The molecule has 1 fully saturated rings. The molecule has 0 unspecified atom stereocenters. The molecule has 0 aromatic heterocycles. The molecule has 0 atom stereocenters. The average molecular weight is 394 g/mol. The summed E-state index contributed by atoms with van der Waals surface area (Å²) in [4.78, 5) is 0.0570. The quantitative estimate of drug-likeness (QED) is 0.779. The van der Waals surface area contributed by atoms with Crippen LogP contribution in [0, 0.1) is 18.7 Å². The fraction of sp³-hybridized carbons (Fsp3) is 0.600. The number of nitrogens with one attached hydrogen (secondary N) is 1. The predicted molar refractivity (Wildman–Crippen MR) is 93.2 cm³/mol. The van der Waals surface area contributed by atoms with Crippen LogP contribution in [-0.2, 0) is 20.2 Å². The molecule has 1 aromatic rings. The second kappa shape index (κ2) is 7.67. The van der Waals surface area contributed by atoms with Gasteiger partial charge < -0.3 is 0 Å². The van der Waals surface area contributed by atoms with E-state index in [0.717, 1.165) is 6.07 Å². The van der Waals surface area contributed by atoms with E-state index in [2.05, 4.69) is 4.72 Å². The lowest BCUT2D eigenvalue weighted by atomic mass is 9.99. The van der Waals surface area contributed by atoms with Gasteiger partial charge in [-0.3, -0.25) is 0 Å². The van der Waals surface area contributed by atoms with Crippen molar-refractivity contribution >= 4 is 20.2 Å². The van der Waals surface area contributed by atoms with Crippen molar-refractivity contribution in [1.29, 1.82) is 0 Å². The molecule has 1 aromatic carbocycles. The van der Waals surface area contributed by atoms with Crippen molar-refractivity contribution in [2.45, 2.75) is 24.7 Å². The van der Waals surface area contributed by atoms with Gasteiger partial charge in [0.15, 0.2) is 0 Å². The van der Waals surface area contributed by atoms with E-state index in [-0.39, 0.29) is 17.4 Å². The number of hydrogen-bond acceptors (Lipinski definition) is 4. The van der Waals surface area contributed by atoms with Crippen LogP contribution in [0.1, 0.15) is 18.4 Å². The summed E-state index contributed by atoms with van der Waals surface area (Å²) >= 11 is 0. The summed E-state index contributed by atoms with van der Waals surface area (Å²) in [6.45, 7) is 2.50. The minimum absolute atomic E-state index is 0.0570. The Hall–Kier alpha value is -1.07. The van der Waals surface area contributed by atoms with Crippen molar-refractivity contribution in [1.82, 2.24) is 13.3 Å². The van der Waals surface area contributed by atoms with Gasteiger partial charge in [0, 0.05) is 33.7 Å². The highest BCUT2D eigenvalue weighted by molar-refractivity contribution is 7.89. The SMILES string of the molecule is Cc1cc(F)ccc1S(=O)(=O)NCC1CCN(S(=O)(=O)N(C)C)CC1. The van der Waals surface area contributed by atoms with Gasteiger partial charge in [-0.2, -0.15) is 17.0 Å². The Morgan fingerprint density at radius 3 is 2.32 bits per heavy atom. The molecule has 7 nitrogen and oxygen atoms in total. The molecule has 0 amide bonds. The van der Waals surface area contributed by atoms with Crippen molar-refractivity contribution in [3.05, 3.63) is 29.6 Å². The number of piperidine rings is 1. The Morgan fingerprint density at radius 1 is 1.20 bits per heavy atom. The van der Waals surface area contributed by atoms with Crippen LogP contribution in [0.25, 0.3) is 0 Å². The predicted octanol–water partition coefficient (Wildman–Crippen LogP) is 0.931. The number of nitrogens with zero attached hydrogens (tertiary/aromatic N) is 2. The minimum atomic E-state index is -3.72. The number of halogens is 1. The molecule has 10 heteroatoms. The number of sulfonamides is 1. The molecular formula is C15H24FN3O4S2. The van der Waals surface area contributed by atoms with Gasteiger partial charge in [-0.05, 0) is 49.4 Å². The van der Waals surface area contributed by atoms with Crippen LogP contribution in [-0.4, -0.2) is 59.2 Å². The molecule has 1 aliphatic heterocycles. The Balaban J connectivity index is 1.95. The number of aryl methyl sites for hydroxylation is 1. The van der Waals surface area contributed by atoms with E-state index < -0.39 is 26.0 Å². The third kappa shape index (κ3) is 4.76. The lowest BCUT2D eigenvalue weighted by Gasteiger charge is -2.32. The summed E-state index contributed by atoms with van der Waals surface area (Å²) in [6, 6.07) is 3.55. The monoisotopic (exact) mass is 393 g/mol. The molecule has 2 rings (SSSR count). The summed E-state index contributed by atoms with van der Waals surface area (Å²) in [5, 5.41) is 0. The second-order valence-corrected chi connectivity index (χ2v) is 10.3. The smallest absolute Gasteiger partial charge is 0.211 e. The number of benzene rings is 1. The first kappa shape index (κ1) is 20.2. The molecule has 1 saturated heterocycles. The standard InChI is InChI=1S/C15H24FN3O4S2/c1-12-10-14(16)4-5-15(12)24(20,21)17-11-13-6-8-19(9-7-13)25(22,23)18(2)3/h4-5,10,13,17H,6-9,11H2,1-3H3. The van der Waals surface area contributed by atoms with Crippen molar-refractivity contribution in [3.63, 3.8) is 0 Å². The topological polar surface area (TPSA) is 86.8 Å². The molecule has 142 valence electrons. The zero-order valence-corrected chi connectivity index (χ0v) is 16.2. The Bertz CT molecular complexity index is 817. The van der Waals surface area contributed by atoms with E-state index in [4.69, 9.17) is 0 Å². The maximum Gasteiger partial charge on any atom is 0.281 e. The van der Waals surface area contributed by atoms with Crippen LogP contribution in [0.3, 0.4) is 0 Å². The van der Waals surface area contributed by atoms with Crippen molar-refractivity contribution in [2.75, 3.05) is 33.7 Å². The Morgan fingerprint density at radius 2 is 1.80 bits per heavy atom. The summed E-state index contributed by atoms with van der Waals surface area (Å²) in [5.74, 6) is -0.421. The molecule has 1 heterocycles. The van der Waals surface area contributed by atoms with Crippen molar-refractivity contribution in [3.8, 4) is 0 Å². The van der Waals surface area contributed by atoms with E-state index in [0.29, 0.717) is 31.5 Å². The van der Waals surface area contributed by atoms with Gasteiger partial charge >= 0.3 is 0 Å². The van der Waals surface area contributed by atoms with Crippen LogP contribution >= 0.6 is 0 Å². The van der Waals surface area contributed by atoms with Crippen LogP contribution < -0.4 is 4.72 Å². The summed E-state index contributed by atoms with van der Waals surface area (Å²) in [7, 11) is -4.17. The molecule has 0 spiro atoms. The first-order valence-electron chi connectivity index (χ1n) is 7.97. The highest BCUT2D eigenvalue weighted by atomic mass is 32.2. The normalized spacial score (nSPS) is 18.0. The van der Waals surface area contributed by atoms with Gasteiger partial charge in [-0.25, -0.2) is 17.5 Å². The molecule has 25 heavy (non-hydrogen) atoms. The van der Waals surface area contributed by atoms with E-state index in [1.807, 2.05) is 0 Å². The molecular weight excluding hydrogens is 369 g/mol. The minimum Gasteiger partial charge on any atom is -0.211 e. The highest BCUT2D eigenvalue weighted by Gasteiger charge is 2.30. The fourth-order valence-electron chi connectivity index (χ4n) is 2.79. The average Bonchev–Trinajstić information content (AvgIpc) is 2.53. The third-order valence-corrected chi connectivity index (χ3v) is 7.87. The maximum atomic E-state index is 13.1. The number of hydrogen-bond donors (Lipinski definition) is 1. The summed E-state index contributed by atoms with van der Waals surface area (Å²) in [5.41, 5.74) is 0.347. The van der Waals surface area contributed by atoms with Gasteiger partial charge in [0.25, 0.3) is 10.2 Å². The summed E-state index contributed by atoms with van der Waals surface area (Å²) < 4.78 is 67.1. The van der Waals surface area contributed by atoms with Gasteiger partial charge in [0.1, 0.15) is 5.82 Å². The third-order valence-electron chi connectivity index (χ3n) is 4.35. The van der Waals surface area contributed by atoms with E-state index in [9.17, 15) is 21.2 Å². The van der Waals surface area contributed by atoms with Crippen LogP contribution in [0.15, 0.2) is 23.1 Å². The maximum absolute atomic E-state index is 13.1. The lowest BCUT2D eigenvalue weighted by molar-refractivity contribution is 0.263. The fourth-order valence-corrected chi connectivity index (χ4v) is 5.27. The largest absolute Gasteiger partial charge is 0.281 e. The molecule has 0 bridgehead atoms. The van der Waals surface area contributed by atoms with Crippen molar-refractivity contribution < 1.29 is 21.2 Å². The molecule has 0 aliphatic carbocycles. The first-order chi connectivity index (χ1) is 11.5. The van der Waals surface area contributed by atoms with Gasteiger partial charge in [-0.1, -0.05) is 0 Å². The first-order valence-corrected chi connectivity index (χ1v) is 10.9.